The Morgan fingerprint density at radius 2 is 1.17 bits per heavy atom. The van der Waals surface area contributed by atoms with E-state index in [1.807, 2.05) is 65.3 Å². The van der Waals surface area contributed by atoms with Gasteiger partial charge in [-0.2, -0.15) is 10.4 Å². The lowest BCUT2D eigenvalue weighted by molar-refractivity contribution is 0.0521. The van der Waals surface area contributed by atoms with Crippen molar-refractivity contribution in [2.75, 3.05) is 33.7 Å². The van der Waals surface area contributed by atoms with Crippen LogP contribution in [0.25, 0.3) is 21.5 Å². The molecule has 4 aliphatic rings. The number of likely N-dealkylation sites (N-methyl/N-ethyl adjacent to an activating group) is 1. The standard InChI is InChI=1S/C12H13Br2N3O2.C10H12BrN3.C9H6BrN3.C8H6BrN5.C8H8BrN3/c1-12(2,3)19-11(18)17-10-8(9(5-13)16-17)4-7(14)6-15-10;1-14(2)6-10-8-3-7(11)4-12-9(8)5-13-10;10-6-3-7-8(1-2-11)13-5-9(7)12-4-6;9-5-1-6-7(11-2-5)3-12-8(6)4-13-14-10;9-5-1-6-7(2-10)12-4-8(6)11-3-5/h4,6H,5H2,1-3H3;3-4H,5-6H2,1-2H3;3-4H,1,5H2;1-2H,3-4H2;1,3H,2,4,10H2. The summed E-state index contributed by atoms with van der Waals surface area (Å²) in [6.45, 7) is 9.70. The summed E-state index contributed by atoms with van der Waals surface area (Å²) < 4.78 is 11.2. The molecule has 72 heavy (non-hydrogen) atoms. The van der Waals surface area contributed by atoms with Gasteiger partial charge in [0.1, 0.15) is 5.60 Å². The number of rotatable bonds is 7. The first kappa shape index (κ1) is 56.3. The zero-order valence-corrected chi connectivity index (χ0v) is 49.0. The number of azide groups is 1. The van der Waals surface area contributed by atoms with Gasteiger partial charge < -0.3 is 15.4 Å². The molecular formula is C47H45Br6N17O2. The van der Waals surface area contributed by atoms with E-state index in [1.54, 1.807) is 24.8 Å². The average Bonchev–Trinajstić information content (AvgIpc) is 4.19. The minimum Gasteiger partial charge on any atom is -0.442 e. The number of nitriles is 1. The maximum atomic E-state index is 12.1. The molecule has 372 valence electrons. The normalized spacial score (nSPS) is 13.3. The first-order chi connectivity index (χ1) is 34.4. The van der Waals surface area contributed by atoms with Crippen molar-refractivity contribution in [1.29, 1.82) is 5.26 Å². The van der Waals surface area contributed by atoms with Gasteiger partial charge >= 0.3 is 6.09 Å². The third-order valence-electron chi connectivity index (χ3n) is 10.1. The largest absolute Gasteiger partial charge is 0.442 e. The highest BCUT2D eigenvalue weighted by Crippen LogP contribution is 2.26. The molecule has 19 nitrogen and oxygen atoms in total. The molecule has 6 aromatic rings. The van der Waals surface area contributed by atoms with Crippen LogP contribution in [0.4, 0.5) is 4.79 Å². The van der Waals surface area contributed by atoms with E-state index in [0.717, 1.165) is 109 Å². The van der Waals surface area contributed by atoms with E-state index >= 15 is 0 Å². The highest BCUT2D eigenvalue weighted by Gasteiger charge is 2.24. The van der Waals surface area contributed by atoms with E-state index in [-0.39, 0.29) is 0 Å². The van der Waals surface area contributed by atoms with Gasteiger partial charge in [0.2, 0.25) is 0 Å². The van der Waals surface area contributed by atoms with Crippen LogP contribution in [-0.2, 0) is 36.2 Å². The number of pyridine rings is 5. The van der Waals surface area contributed by atoms with Crippen LogP contribution in [0.5, 0.6) is 0 Å². The summed E-state index contributed by atoms with van der Waals surface area (Å²) in [7, 11) is 4.10. The molecule has 2 N–H and O–H groups in total. The lowest BCUT2D eigenvalue weighted by Gasteiger charge is -2.18. The third kappa shape index (κ3) is 15.3. The Hall–Kier alpha value is -5.03. The maximum absolute atomic E-state index is 12.1. The van der Waals surface area contributed by atoms with E-state index in [9.17, 15) is 4.79 Å². The second-order valence-corrected chi connectivity index (χ2v) is 21.9. The number of nitrogens with zero attached hydrogens (tertiary/aromatic N) is 16. The van der Waals surface area contributed by atoms with E-state index in [2.05, 4.69) is 173 Å². The quantitative estimate of drug-likeness (QED) is 0.0680. The topological polar surface area (TPSA) is 260 Å². The molecule has 0 atom stereocenters. The number of carbonyl (C=O) groups excluding carboxylic acids is 1. The van der Waals surface area contributed by atoms with Crippen molar-refractivity contribution < 1.29 is 9.53 Å². The van der Waals surface area contributed by atoms with E-state index in [0.29, 0.717) is 50.1 Å². The summed E-state index contributed by atoms with van der Waals surface area (Å²) in [5, 5.41) is 17.6. The first-order valence-corrected chi connectivity index (χ1v) is 26.8. The fraction of sp³-hybridized carbons (Fsp3) is 0.319. The Morgan fingerprint density at radius 3 is 1.62 bits per heavy atom. The Bertz CT molecular complexity index is 3210. The fourth-order valence-corrected chi connectivity index (χ4v) is 9.10. The molecule has 0 fully saturated rings. The van der Waals surface area contributed by atoms with Crippen LogP contribution in [0.15, 0.2) is 109 Å². The van der Waals surface area contributed by atoms with Crippen molar-refractivity contribution in [2.45, 2.75) is 64.3 Å². The van der Waals surface area contributed by atoms with E-state index in [4.69, 9.17) is 21.3 Å². The highest BCUT2D eigenvalue weighted by molar-refractivity contribution is 9.11. The summed E-state index contributed by atoms with van der Waals surface area (Å²) in [4.78, 5) is 55.4. The average molecular weight is 1360 g/mol. The Kier molecular flexibility index (Phi) is 20.5. The number of fused-ring (bicyclic) bond motifs is 5. The van der Waals surface area contributed by atoms with Crippen LogP contribution in [0, 0.1) is 11.3 Å². The molecule has 25 heteroatoms. The Morgan fingerprint density at radius 1 is 0.736 bits per heavy atom. The van der Waals surface area contributed by atoms with Crippen molar-refractivity contribution in [1.82, 2.24) is 39.6 Å². The second-order valence-electron chi connectivity index (χ2n) is 16.8. The molecule has 0 aliphatic carbocycles. The third-order valence-corrected chi connectivity index (χ3v) is 12.8. The molecule has 0 amide bonds. The Labute approximate surface area is 465 Å². The van der Waals surface area contributed by atoms with Crippen LogP contribution in [0.1, 0.15) is 77.9 Å². The highest BCUT2D eigenvalue weighted by atomic mass is 79.9. The Balaban J connectivity index is 0.000000148. The lowest BCUT2D eigenvalue weighted by atomic mass is 10.1. The summed E-state index contributed by atoms with van der Waals surface area (Å²) in [6, 6.07) is 12.0. The minimum atomic E-state index is -0.570. The van der Waals surface area contributed by atoms with Gasteiger partial charge in [-0.05, 0) is 150 Å². The fourth-order valence-electron chi connectivity index (χ4n) is 7.03. The van der Waals surface area contributed by atoms with Gasteiger partial charge in [0.15, 0.2) is 5.65 Å². The molecule has 0 spiro atoms. The molecule has 0 saturated heterocycles. The van der Waals surface area contributed by atoms with Gasteiger partial charge in [-0.3, -0.25) is 39.9 Å². The number of aliphatic imine (C=N–C) groups is 4. The van der Waals surface area contributed by atoms with Crippen LogP contribution >= 0.6 is 95.6 Å². The second kappa shape index (κ2) is 26.3. The molecule has 10 rings (SSSR count). The number of ether oxygens (including phenoxy) is 1. The van der Waals surface area contributed by atoms with Crippen molar-refractivity contribution in [3.05, 3.63) is 145 Å². The number of hydrogen-bond donors (Lipinski definition) is 1. The van der Waals surface area contributed by atoms with Crippen LogP contribution in [0.2, 0.25) is 0 Å². The SMILES string of the molecule is CC(C)(C)OC(=O)n1nc(CBr)c2cc(Br)cnc21.CN(C)CC1=NCc2ncc(Br)cc21.N#CCC1=NCc2ncc(Br)cc21.NCC1=NCc2ncc(Br)cc21.[N-]=[N+]=NCC1=NCc2ncc(Br)cc21. The van der Waals surface area contributed by atoms with Crippen molar-refractivity contribution in [3.8, 4) is 6.07 Å². The van der Waals surface area contributed by atoms with Crippen molar-refractivity contribution >= 4 is 136 Å². The zero-order chi connectivity index (χ0) is 52.1. The molecular weight excluding hydrogens is 1310 g/mol. The van der Waals surface area contributed by atoms with Crippen molar-refractivity contribution in [2.24, 2.45) is 30.8 Å². The molecule has 0 radical (unpaired) electrons. The molecule has 6 aromatic heterocycles. The molecule has 0 unspecified atom stereocenters. The first-order valence-electron chi connectivity index (χ1n) is 21.7. The number of hydrogen-bond acceptors (Lipinski definition) is 16. The molecule has 10 heterocycles. The monoisotopic (exact) mass is 1350 g/mol. The predicted octanol–water partition coefficient (Wildman–Crippen LogP) is 11.2. The number of alkyl halides is 1. The smallest absolute Gasteiger partial charge is 0.437 e. The molecule has 0 bridgehead atoms. The number of nitrogens with two attached hydrogens (primary N) is 1. The van der Waals surface area contributed by atoms with E-state index in [1.165, 1.54) is 10.2 Å². The summed E-state index contributed by atoms with van der Waals surface area (Å²) >= 11 is 20.2. The van der Waals surface area contributed by atoms with Crippen LogP contribution < -0.4 is 5.73 Å². The van der Waals surface area contributed by atoms with Gasteiger partial charge in [0.05, 0.1) is 96.5 Å². The number of halogens is 6. The van der Waals surface area contributed by atoms with E-state index < -0.39 is 11.7 Å². The lowest BCUT2D eigenvalue weighted by Crippen LogP contribution is -2.28. The van der Waals surface area contributed by atoms with Gasteiger partial charge in [-0.25, -0.2) is 9.78 Å². The number of aromatic nitrogens is 7. The number of carbonyl (C=O) groups is 1. The molecule has 4 aliphatic heterocycles. The van der Waals surface area contributed by atoms with Gasteiger partial charge in [0, 0.05) is 104 Å². The van der Waals surface area contributed by atoms with Crippen LogP contribution in [0.3, 0.4) is 0 Å². The van der Waals surface area contributed by atoms with Crippen molar-refractivity contribution in [3.63, 3.8) is 0 Å². The zero-order valence-electron chi connectivity index (χ0n) is 39.5. The summed E-state index contributed by atoms with van der Waals surface area (Å²) in [5.74, 6) is 0. The predicted molar refractivity (Wildman–Crippen MR) is 300 cm³/mol. The minimum absolute atomic E-state index is 0.293. The summed E-state index contributed by atoms with van der Waals surface area (Å²) in [5.41, 5.74) is 26.4. The molecule has 0 saturated carbocycles. The molecule has 0 aromatic carbocycles. The summed E-state index contributed by atoms with van der Waals surface area (Å²) in [6.07, 6.45) is 8.57. The van der Waals surface area contributed by atoms with Gasteiger partial charge in [0.25, 0.3) is 0 Å². The van der Waals surface area contributed by atoms with Gasteiger partial charge in [-0.1, -0.05) is 21.0 Å². The maximum Gasteiger partial charge on any atom is 0.437 e. The van der Waals surface area contributed by atoms with Gasteiger partial charge in [-0.15, -0.1) is 4.68 Å². The van der Waals surface area contributed by atoms with Crippen LogP contribution in [-0.4, -0.2) is 108 Å².